The minimum Gasteiger partial charge on any atom is -0.491 e. The number of rotatable bonds is 5. The molecule has 0 saturated heterocycles. The molecule has 0 aliphatic carbocycles. The number of nitrogens with zero attached hydrogens (tertiary/aromatic N) is 2. The Morgan fingerprint density at radius 3 is 2.53 bits per heavy atom. The van der Waals surface area contributed by atoms with Crippen LogP contribution in [0.3, 0.4) is 0 Å². The highest BCUT2D eigenvalue weighted by molar-refractivity contribution is 6.01. The number of carbonyl (C=O) groups is 2. The normalized spacial score (nSPS) is 21.6. The molecule has 1 heterocycles. The zero-order valence-electron chi connectivity index (χ0n) is 21.7. The fourth-order valence-electron chi connectivity index (χ4n) is 4.38. The van der Waals surface area contributed by atoms with E-state index >= 15 is 0 Å². The summed E-state index contributed by atoms with van der Waals surface area (Å²) >= 11 is 0. The van der Waals surface area contributed by atoms with Gasteiger partial charge < -0.3 is 25.0 Å². The fraction of sp³-hybridized carbons (Fsp3) is 0.481. The number of likely N-dealkylation sites (N-methyl/N-ethyl adjacent to an activating group) is 1. The summed E-state index contributed by atoms with van der Waals surface area (Å²) in [5.74, 6) is -0.0174. The van der Waals surface area contributed by atoms with Gasteiger partial charge in [-0.1, -0.05) is 19.9 Å². The summed E-state index contributed by atoms with van der Waals surface area (Å²) in [4.78, 5) is 29.8. The predicted octanol–water partition coefficient (Wildman–Crippen LogP) is 4.69. The van der Waals surface area contributed by atoms with Gasteiger partial charge in [0.05, 0.1) is 11.7 Å². The minimum absolute atomic E-state index is 0.109. The Labute approximate surface area is 212 Å². The average Bonchev–Trinajstić information content (AvgIpc) is 2.84. The Morgan fingerprint density at radius 2 is 1.86 bits per heavy atom. The van der Waals surface area contributed by atoms with Crippen LogP contribution in [0.2, 0.25) is 0 Å². The number of halogens is 1. The first-order valence-electron chi connectivity index (χ1n) is 12.3. The lowest BCUT2D eigenvalue weighted by atomic mass is 10.0. The minimum atomic E-state index is -0.531. The van der Waals surface area contributed by atoms with Crippen molar-refractivity contribution in [2.75, 3.05) is 51.0 Å². The number of anilines is 2. The van der Waals surface area contributed by atoms with E-state index in [1.54, 1.807) is 43.3 Å². The molecule has 0 fully saturated rings. The quantitative estimate of drug-likeness (QED) is 0.623. The standard InChI is InChI=1S/C27H37FN4O4/c1-6-12-32-15-18(2)25(35-5)16-31(4)26(33)23-11-10-22(14-24(23)36-17-19(32)3)30-27(34)29-21-9-7-8-20(28)13-21/h7-11,13-14,18-19,25H,6,12,15-17H2,1-5H3,(H2,29,30,34)/t18-,19+,25+/m1/s1. The molecule has 2 aromatic carbocycles. The number of carbonyl (C=O) groups excluding carboxylic acids is 2. The maximum Gasteiger partial charge on any atom is 0.323 e. The van der Waals surface area contributed by atoms with Crippen LogP contribution >= 0.6 is 0 Å². The molecule has 1 aliphatic rings. The average molecular weight is 501 g/mol. The summed E-state index contributed by atoms with van der Waals surface area (Å²) in [6.07, 6.45) is 0.903. The van der Waals surface area contributed by atoms with Gasteiger partial charge in [0.25, 0.3) is 5.91 Å². The maximum absolute atomic E-state index is 13.4. The fourth-order valence-corrected chi connectivity index (χ4v) is 4.38. The van der Waals surface area contributed by atoms with Crippen LogP contribution in [0, 0.1) is 11.7 Å². The van der Waals surface area contributed by atoms with Crippen molar-refractivity contribution in [2.45, 2.75) is 39.3 Å². The second-order valence-corrected chi connectivity index (χ2v) is 9.39. The first kappa shape index (κ1) is 27.4. The number of benzene rings is 2. The first-order chi connectivity index (χ1) is 17.2. The summed E-state index contributed by atoms with van der Waals surface area (Å²) in [6, 6.07) is 10.2. The molecule has 3 amide bonds. The van der Waals surface area contributed by atoms with Crippen LogP contribution in [0.15, 0.2) is 42.5 Å². The Bertz CT molecular complexity index is 1050. The van der Waals surface area contributed by atoms with Crippen molar-refractivity contribution in [3.63, 3.8) is 0 Å². The van der Waals surface area contributed by atoms with Gasteiger partial charge in [0.1, 0.15) is 18.2 Å². The number of urea groups is 1. The first-order valence-corrected chi connectivity index (χ1v) is 12.3. The van der Waals surface area contributed by atoms with Gasteiger partial charge >= 0.3 is 6.03 Å². The molecule has 3 rings (SSSR count). The summed E-state index contributed by atoms with van der Waals surface area (Å²) < 4.78 is 25.4. The monoisotopic (exact) mass is 500 g/mol. The molecule has 0 aromatic heterocycles. The molecule has 0 saturated carbocycles. The number of hydrogen-bond donors (Lipinski definition) is 2. The molecule has 0 bridgehead atoms. The third kappa shape index (κ3) is 7.18. The van der Waals surface area contributed by atoms with Gasteiger partial charge in [0, 0.05) is 50.7 Å². The van der Waals surface area contributed by atoms with Crippen LogP contribution in [0.1, 0.15) is 37.6 Å². The van der Waals surface area contributed by atoms with Gasteiger partial charge in [0.2, 0.25) is 0 Å². The second-order valence-electron chi connectivity index (χ2n) is 9.39. The summed E-state index contributed by atoms with van der Waals surface area (Å²) in [7, 11) is 3.43. The Kier molecular flexibility index (Phi) is 9.66. The smallest absolute Gasteiger partial charge is 0.323 e. The van der Waals surface area contributed by atoms with Gasteiger partial charge in [-0.25, -0.2) is 9.18 Å². The zero-order chi connectivity index (χ0) is 26.2. The Balaban J connectivity index is 1.85. The molecule has 0 spiro atoms. The van der Waals surface area contributed by atoms with Crippen molar-refractivity contribution in [1.82, 2.24) is 9.80 Å². The highest BCUT2D eigenvalue weighted by atomic mass is 19.1. The third-order valence-electron chi connectivity index (χ3n) is 6.43. The highest BCUT2D eigenvalue weighted by Crippen LogP contribution is 2.27. The molecular formula is C27H37FN4O4. The van der Waals surface area contributed by atoms with Crippen molar-refractivity contribution in [1.29, 1.82) is 0 Å². The van der Waals surface area contributed by atoms with E-state index in [2.05, 4.69) is 36.3 Å². The van der Waals surface area contributed by atoms with Gasteiger partial charge in [-0.3, -0.25) is 9.69 Å². The van der Waals surface area contributed by atoms with Gasteiger partial charge in [-0.15, -0.1) is 0 Å². The van der Waals surface area contributed by atoms with Gasteiger partial charge in [-0.2, -0.15) is 0 Å². The molecule has 2 N–H and O–H groups in total. The number of methoxy groups -OCH3 is 1. The summed E-state index contributed by atoms with van der Waals surface area (Å²) in [6.45, 7) is 8.99. The largest absolute Gasteiger partial charge is 0.491 e. The highest BCUT2D eigenvalue weighted by Gasteiger charge is 2.28. The number of amides is 3. The number of hydrogen-bond acceptors (Lipinski definition) is 5. The molecule has 196 valence electrons. The summed E-state index contributed by atoms with van der Waals surface area (Å²) in [5, 5.41) is 5.33. The lowest BCUT2D eigenvalue weighted by molar-refractivity contribution is 0.0108. The summed E-state index contributed by atoms with van der Waals surface area (Å²) in [5.41, 5.74) is 1.19. The van der Waals surface area contributed by atoms with Crippen LogP contribution in [0.5, 0.6) is 5.75 Å². The number of ether oxygens (including phenoxy) is 2. The molecule has 3 atom stereocenters. The van der Waals surface area contributed by atoms with Crippen LogP contribution < -0.4 is 15.4 Å². The lowest BCUT2D eigenvalue weighted by Gasteiger charge is -2.35. The molecule has 2 aromatic rings. The van der Waals surface area contributed by atoms with Crippen molar-refractivity contribution < 1.29 is 23.5 Å². The van der Waals surface area contributed by atoms with Gasteiger partial charge in [0.15, 0.2) is 0 Å². The third-order valence-corrected chi connectivity index (χ3v) is 6.43. The van der Waals surface area contributed by atoms with E-state index < -0.39 is 11.8 Å². The van der Waals surface area contributed by atoms with Crippen molar-refractivity contribution in [2.24, 2.45) is 5.92 Å². The van der Waals surface area contributed by atoms with Crippen LogP contribution in [0.25, 0.3) is 0 Å². The van der Waals surface area contributed by atoms with E-state index in [9.17, 15) is 14.0 Å². The van der Waals surface area contributed by atoms with Crippen LogP contribution in [-0.2, 0) is 4.74 Å². The van der Waals surface area contributed by atoms with Crippen molar-refractivity contribution >= 4 is 23.3 Å². The van der Waals surface area contributed by atoms with Gasteiger partial charge in [-0.05, 0) is 56.1 Å². The van der Waals surface area contributed by atoms with E-state index in [0.29, 0.717) is 35.8 Å². The van der Waals surface area contributed by atoms with E-state index in [1.807, 2.05) is 0 Å². The maximum atomic E-state index is 13.4. The van der Waals surface area contributed by atoms with E-state index in [1.165, 1.54) is 18.2 Å². The van der Waals surface area contributed by atoms with Crippen LogP contribution in [-0.4, -0.2) is 74.3 Å². The molecule has 0 radical (unpaired) electrons. The van der Waals surface area contributed by atoms with E-state index in [0.717, 1.165) is 19.5 Å². The number of fused-ring (bicyclic) bond motifs is 1. The predicted molar refractivity (Wildman–Crippen MR) is 139 cm³/mol. The molecule has 9 heteroatoms. The van der Waals surface area contributed by atoms with E-state index in [4.69, 9.17) is 9.47 Å². The van der Waals surface area contributed by atoms with Crippen LogP contribution in [0.4, 0.5) is 20.6 Å². The Hall–Kier alpha value is -3.17. The molecule has 8 nitrogen and oxygen atoms in total. The van der Waals surface area contributed by atoms with Crippen molar-refractivity contribution in [3.05, 3.63) is 53.8 Å². The second kappa shape index (κ2) is 12.7. The zero-order valence-corrected chi connectivity index (χ0v) is 21.7. The molecular weight excluding hydrogens is 463 g/mol. The van der Waals surface area contributed by atoms with E-state index in [-0.39, 0.29) is 24.0 Å². The molecule has 0 unspecified atom stereocenters. The Morgan fingerprint density at radius 1 is 1.14 bits per heavy atom. The van der Waals surface area contributed by atoms with Crippen molar-refractivity contribution in [3.8, 4) is 5.75 Å². The lowest BCUT2D eigenvalue weighted by Crippen LogP contribution is -2.46. The topological polar surface area (TPSA) is 83.1 Å². The molecule has 36 heavy (non-hydrogen) atoms. The SMILES string of the molecule is CCCN1C[C@@H](C)[C@@H](OC)CN(C)C(=O)c2ccc(NC(=O)Nc3cccc(F)c3)cc2OC[C@@H]1C. The number of nitrogens with one attached hydrogen (secondary N) is 2. The molecule has 1 aliphatic heterocycles.